The Balaban J connectivity index is 1.37. The highest BCUT2D eigenvalue weighted by molar-refractivity contribution is 6.10. The predicted octanol–water partition coefficient (Wildman–Crippen LogP) is 2.91. The molecule has 1 atom stereocenters. The summed E-state index contributed by atoms with van der Waals surface area (Å²) in [4.78, 5) is 39.6. The van der Waals surface area contributed by atoms with E-state index in [1.807, 2.05) is 42.5 Å². The van der Waals surface area contributed by atoms with Crippen molar-refractivity contribution >= 4 is 28.6 Å². The number of hydrogen-bond acceptors (Lipinski definition) is 3. The molecule has 1 saturated heterocycles. The fourth-order valence-electron chi connectivity index (χ4n) is 4.59. The van der Waals surface area contributed by atoms with Crippen molar-refractivity contribution in [1.82, 2.24) is 15.5 Å². The fourth-order valence-corrected chi connectivity index (χ4v) is 4.59. The molecule has 2 aromatic rings. The normalized spacial score (nSPS) is 24.3. The molecule has 29 heavy (non-hydrogen) atoms. The van der Waals surface area contributed by atoms with Crippen molar-refractivity contribution in [2.24, 2.45) is 11.8 Å². The van der Waals surface area contributed by atoms with E-state index < -0.39 is 11.6 Å². The van der Waals surface area contributed by atoms with E-state index in [0.717, 1.165) is 46.9 Å². The lowest BCUT2D eigenvalue weighted by Gasteiger charge is -2.24. The zero-order valence-electron chi connectivity index (χ0n) is 16.5. The van der Waals surface area contributed by atoms with Gasteiger partial charge in [-0.3, -0.25) is 14.5 Å². The summed E-state index contributed by atoms with van der Waals surface area (Å²) in [6.07, 6.45) is 4.63. The van der Waals surface area contributed by atoms with E-state index in [4.69, 9.17) is 0 Å². The lowest BCUT2D eigenvalue weighted by atomic mass is 9.88. The number of nitrogens with zero attached hydrogens (tertiary/aromatic N) is 1. The maximum Gasteiger partial charge on any atom is 0.325 e. The third-order valence-electron chi connectivity index (χ3n) is 6.49. The number of benzene rings is 2. The van der Waals surface area contributed by atoms with Crippen molar-refractivity contribution < 1.29 is 14.4 Å². The summed E-state index contributed by atoms with van der Waals surface area (Å²) in [5.74, 6) is 0.494. The molecule has 1 aliphatic heterocycles. The molecule has 1 unspecified atom stereocenters. The van der Waals surface area contributed by atoms with Crippen LogP contribution in [-0.4, -0.2) is 35.3 Å². The van der Waals surface area contributed by atoms with Crippen LogP contribution in [0.4, 0.5) is 4.79 Å². The van der Waals surface area contributed by atoms with E-state index in [1.165, 1.54) is 0 Å². The zero-order valence-corrected chi connectivity index (χ0v) is 16.5. The van der Waals surface area contributed by atoms with Crippen molar-refractivity contribution in [3.05, 3.63) is 48.0 Å². The Kier molecular flexibility index (Phi) is 4.12. The van der Waals surface area contributed by atoms with Gasteiger partial charge in [0.2, 0.25) is 5.91 Å². The molecule has 3 aliphatic rings. The van der Waals surface area contributed by atoms with Gasteiger partial charge < -0.3 is 10.6 Å². The Hall–Kier alpha value is -2.89. The first-order valence-electron chi connectivity index (χ1n) is 10.4. The van der Waals surface area contributed by atoms with Crippen molar-refractivity contribution in [3.63, 3.8) is 0 Å². The molecule has 0 aromatic heterocycles. The molecule has 2 saturated carbocycles. The molecule has 3 fully saturated rings. The molecule has 2 N–H and O–H groups in total. The smallest absolute Gasteiger partial charge is 0.325 e. The van der Waals surface area contributed by atoms with Crippen LogP contribution in [0.1, 0.15) is 38.2 Å². The van der Waals surface area contributed by atoms with Crippen LogP contribution in [0.15, 0.2) is 42.5 Å². The van der Waals surface area contributed by atoms with Gasteiger partial charge in [-0.25, -0.2) is 4.79 Å². The number of carbonyl (C=O) groups is 3. The van der Waals surface area contributed by atoms with Gasteiger partial charge in [-0.05, 0) is 60.8 Å². The molecule has 4 amide bonds. The van der Waals surface area contributed by atoms with Crippen LogP contribution < -0.4 is 10.6 Å². The van der Waals surface area contributed by atoms with Crippen molar-refractivity contribution in [2.45, 2.75) is 44.2 Å². The number of hydrogen-bond donors (Lipinski definition) is 2. The minimum Gasteiger partial charge on any atom is -0.351 e. The highest BCUT2D eigenvalue weighted by Crippen LogP contribution is 2.44. The number of nitrogens with one attached hydrogen (secondary N) is 2. The highest BCUT2D eigenvalue weighted by Gasteiger charge is 2.50. The van der Waals surface area contributed by atoms with Crippen LogP contribution in [0, 0.1) is 11.8 Å². The molecule has 6 heteroatoms. The first-order chi connectivity index (χ1) is 14.0. The molecule has 2 aromatic carbocycles. The van der Waals surface area contributed by atoms with E-state index in [0.29, 0.717) is 11.8 Å². The molecule has 5 rings (SSSR count). The van der Waals surface area contributed by atoms with Gasteiger partial charge in [0, 0.05) is 6.04 Å². The summed E-state index contributed by atoms with van der Waals surface area (Å²) in [6, 6.07) is 13.2. The quantitative estimate of drug-likeness (QED) is 0.743. The lowest BCUT2D eigenvalue weighted by molar-refractivity contribution is -0.135. The minimum atomic E-state index is -1.19. The summed E-state index contributed by atoms with van der Waals surface area (Å²) >= 11 is 0. The Morgan fingerprint density at radius 2 is 1.76 bits per heavy atom. The highest BCUT2D eigenvalue weighted by atomic mass is 16.2. The Labute approximate surface area is 169 Å². The van der Waals surface area contributed by atoms with Gasteiger partial charge in [0.15, 0.2) is 0 Å². The van der Waals surface area contributed by atoms with E-state index in [9.17, 15) is 14.4 Å². The SMILES string of the molecule is CC1(c2cccc3ccccc23)NC(=O)N(CC(=O)NC(C2CC2)C2CC2)C1=O. The van der Waals surface area contributed by atoms with Crippen LogP contribution in [0.5, 0.6) is 0 Å². The number of imide groups is 1. The minimum absolute atomic E-state index is 0.202. The third-order valence-corrected chi connectivity index (χ3v) is 6.49. The number of carbonyl (C=O) groups excluding carboxylic acids is 3. The van der Waals surface area contributed by atoms with Gasteiger partial charge in [0.25, 0.3) is 5.91 Å². The van der Waals surface area contributed by atoms with Crippen LogP contribution in [0.25, 0.3) is 10.8 Å². The Morgan fingerprint density at radius 3 is 2.45 bits per heavy atom. The first kappa shape index (κ1) is 18.2. The summed E-state index contributed by atoms with van der Waals surface area (Å²) in [6.45, 7) is 1.48. The molecule has 2 aliphatic carbocycles. The largest absolute Gasteiger partial charge is 0.351 e. The number of fused-ring (bicyclic) bond motifs is 1. The Bertz CT molecular complexity index is 994. The second-order valence-corrected chi connectivity index (χ2v) is 8.74. The molecule has 6 nitrogen and oxygen atoms in total. The Morgan fingerprint density at radius 1 is 1.10 bits per heavy atom. The number of rotatable bonds is 6. The van der Waals surface area contributed by atoms with E-state index in [-0.39, 0.29) is 24.4 Å². The van der Waals surface area contributed by atoms with Crippen molar-refractivity contribution in [3.8, 4) is 0 Å². The van der Waals surface area contributed by atoms with Gasteiger partial charge in [-0.2, -0.15) is 0 Å². The zero-order chi connectivity index (χ0) is 20.2. The molecular weight excluding hydrogens is 366 g/mol. The second-order valence-electron chi connectivity index (χ2n) is 8.74. The van der Waals surface area contributed by atoms with Crippen LogP contribution >= 0.6 is 0 Å². The van der Waals surface area contributed by atoms with Gasteiger partial charge in [0.1, 0.15) is 12.1 Å². The topological polar surface area (TPSA) is 78.5 Å². The number of amides is 4. The average molecular weight is 391 g/mol. The van der Waals surface area contributed by atoms with Crippen LogP contribution in [0.2, 0.25) is 0 Å². The van der Waals surface area contributed by atoms with Gasteiger partial charge >= 0.3 is 6.03 Å². The molecule has 0 spiro atoms. The van der Waals surface area contributed by atoms with E-state index >= 15 is 0 Å². The van der Waals surface area contributed by atoms with Gasteiger partial charge in [-0.15, -0.1) is 0 Å². The van der Waals surface area contributed by atoms with E-state index in [1.54, 1.807) is 6.92 Å². The molecule has 0 bridgehead atoms. The lowest BCUT2D eigenvalue weighted by Crippen LogP contribution is -2.46. The van der Waals surface area contributed by atoms with Gasteiger partial charge in [-0.1, -0.05) is 42.5 Å². The maximum absolute atomic E-state index is 13.3. The predicted molar refractivity (Wildman–Crippen MR) is 109 cm³/mol. The molecule has 1 heterocycles. The summed E-state index contributed by atoms with van der Waals surface area (Å²) in [5, 5.41) is 7.84. The fraction of sp³-hybridized carbons (Fsp3) is 0.435. The monoisotopic (exact) mass is 391 g/mol. The molecule has 150 valence electrons. The maximum atomic E-state index is 13.3. The standard InChI is InChI=1S/C23H25N3O3/c1-23(18-8-4-6-14-5-2-3-7-17(14)18)21(28)26(22(29)25-23)13-19(27)24-20(15-9-10-15)16-11-12-16/h2-8,15-16,20H,9-13H2,1H3,(H,24,27)(H,25,29). The molecular formula is C23H25N3O3. The van der Waals surface area contributed by atoms with Crippen molar-refractivity contribution in [1.29, 1.82) is 0 Å². The number of urea groups is 1. The van der Waals surface area contributed by atoms with Crippen LogP contribution in [-0.2, 0) is 15.1 Å². The average Bonchev–Trinajstić information content (AvgIpc) is 3.62. The van der Waals surface area contributed by atoms with Crippen molar-refractivity contribution in [2.75, 3.05) is 6.54 Å². The van der Waals surface area contributed by atoms with Gasteiger partial charge in [0.05, 0.1) is 0 Å². The summed E-state index contributed by atoms with van der Waals surface area (Å²) in [7, 11) is 0. The third kappa shape index (κ3) is 3.16. The second kappa shape index (κ2) is 6.58. The summed E-state index contributed by atoms with van der Waals surface area (Å²) in [5.41, 5.74) is -0.448. The molecule has 0 radical (unpaired) electrons. The summed E-state index contributed by atoms with van der Waals surface area (Å²) < 4.78 is 0. The first-order valence-corrected chi connectivity index (χ1v) is 10.4. The van der Waals surface area contributed by atoms with E-state index in [2.05, 4.69) is 10.6 Å². The van der Waals surface area contributed by atoms with Crippen LogP contribution in [0.3, 0.4) is 0 Å².